The highest BCUT2D eigenvalue weighted by molar-refractivity contribution is 7.10. The van der Waals surface area contributed by atoms with Gasteiger partial charge in [-0.25, -0.2) is 0 Å². The molecule has 2 nitrogen and oxygen atoms in total. The quantitative estimate of drug-likeness (QED) is 0.791. The van der Waals surface area contributed by atoms with Crippen molar-refractivity contribution in [3.8, 4) is 0 Å². The molecule has 0 amide bonds. The average molecular weight is 225 g/mol. The second-order valence-corrected chi connectivity index (χ2v) is 5.28. The largest absolute Gasteiger partial charge is 0.298 e. The van der Waals surface area contributed by atoms with Gasteiger partial charge in [0.05, 0.1) is 12.1 Å². The highest BCUT2D eigenvalue weighted by Gasteiger charge is 2.17. The minimum absolute atomic E-state index is 0.311. The Labute approximate surface area is 95.6 Å². The Hall–Kier alpha value is -0.380. The van der Waals surface area contributed by atoms with Crippen LogP contribution in [0.1, 0.15) is 49.1 Å². The third kappa shape index (κ3) is 2.80. The molecule has 1 fully saturated rings. The van der Waals surface area contributed by atoms with Gasteiger partial charge in [-0.2, -0.15) is 5.48 Å². The highest BCUT2D eigenvalue weighted by atomic mass is 32.1. The zero-order valence-corrected chi connectivity index (χ0v) is 10.3. The van der Waals surface area contributed by atoms with E-state index in [-0.39, 0.29) is 0 Å². The first-order valence-electron chi connectivity index (χ1n) is 5.72. The Bertz CT molecular complexity index is 304. The highest BCUT2D eigenvalue weighted by Crippen LogP contribution is 2.25. The molecule has 84 valence electrons. The lowest BCUT2D eigenvalue weighted by Gasteiger charge is -2.17. The van der Waals surface area contributed by atoms with Crippen LogP contribution in [0, 0.1) is 6.92 Å². The minimum atomic E-state index is 0.311. The van der Waals surface area contributed by atoms with Crippen molar-refractivity contribution in [1.82, 2.24) is 5.48 Å². The van der Waals surface area contributed by atoms with Gasteiger partial charge in [0.2, 0.25) is 0 Å². The van der Waals surface area contributed by atoms with Crippen molar-refractivity contribution in [3.63, 3.8) is 0 Å². The zero-order chi connectivity index (χ0) is 10.7. The summed E-state index contributed by atoms with van der Waals surface area (Å²) < 4.78 is 0. The van der Waals surface area contributed by atoms with E-state index in [4.69, 9.17) is 4.84 Å². The summed E-state index contributed by atoms with van der Waals surface area (Å²) in [5.41, 5.74) is 4.53. The van der Waals surface area contributed by atoms with Crippen LogP contribution in [-0.2, 0) is 4.84 Å². The van der Waals surface area contributed by atoms with E-state index in [2.05, 4.69) is 30.8 Å². The molecule has 1 aliphatic rings. The molecular formula is C12H19NOS. The van der Waals surface area contributed by atoms with Crippen molar-refractivity contribution in [1.29, 1.82) is 0 Å². The van der Waals surface area contributed by atoms with Crippen LogP contribution < -0.4 is 5.48 Å². The lowest BCUT2D eigenvalue weighted by Crippen LogP contribution is -2.24. The molecule has 15 heavy (non-hydrogen) atoms. The van der Waals surface area contributed by atoms with Crippen molar-refractivity contribution in [2.75, 3.05) is 0 Å². The number of thiophene rings is 1. The molecule has 1 heterocycles. The molecule has 0 aliphatic heterocycles. The summed E-state index contributed by atoms with van der Waals surface area (Å²) in [4.78, 5) is 7.08. The fourth-order valence-corrected chi connectivity index (χ4v) is 3.01. The van der Waals surface area contributed by atoms with E-state index in [0.29, 0.717) is 12.1 Å². The van der Waals surface area contributed by atoms with E-state index >= 15 is 0 Å². The smallest absolute Gasteiger partial charge is 0.0790 e. The summed E-state index contributed by atoms with van der Waals surface area (Å²) in [6.07, 6.45) is 5.50. The van der Waals surface area contributed by atoms with Crippen molar-refractivity contribution in [2.24, 2.45) is 0 Å². The molecule has 1 N–H and O–H groups in total. The van der Waals surface area contributed by atoms with Crippen molar-refractivity contribution in [3.05, 3.63) is 21.9 Å². The SMILES string of the molecule is Cc1ccsc1C(C)NOC1CCCC1. The van der Waals surface area contributed by atoms with Crippen LogP contribution in [0.2, 0.25) is 0 Å². The van der Waals surface area contributed by atoms with Crippen molar-refractivity contribution in [2.45, 2.75) is 51.7 Å². The summed E-state index contributed by atoms with van der Waals surface area (Å²) in [6.45, 7) is 4.31. The summed E-state index contributed by atoms with van der Waals surface area (Å²) in [7, 11) is 0. The van der Waals surface area contributed by atoms with Gasteiger partial charge in [0, 0.05) is 4.88 Å². The fraction of sp³-hybridized carbons (Fsp3) is 0.667. The van der Waals surface area contributed by atoms with Gasteiger partial charge in [-0.15, -0.1) is 11.3 Å². The molecule has 2 rings (SSSR count). The normalized spacial score (nSPS) is 19.6. The van der Waals surface area contributed by atoms with Crippen LogP contribution in [0.25, 0.3) is 0 Å². The number of rotatable bonds is 4. The fourth-order valence-electron chi connectivity index (χ4n) is 2.09. The first kappa shape index (κ1) is 11.1. The molecule has 1 aromatic rings. The molecule has 1 aliphatic carbocycles. The van der Waals surface area contributed by atoms with E-state index in [0.717, 1.165) is 0 Å². The van der Waals surface area contributed by atoms with E-state index < -0.39 is 0 Å². The molecule has 0 spiro atoms. The maximum Gasteiger partial charge on any atom is 0.0790 e. The molecule has 1 atom stereocenters. The maximum atomic E-state index is 5.70. The Morgan fingerprint density at radius 3 is 2.80 bits per heavy atom. The first-order chi connectivity index (χ1) is 7.27. The van der Waals surface area contributed by atoms with Gasteiger partial charge in [-0.05, 0) is 43.7 Å². The van der Waals surface area contributed by atoms with Gasteiger partial charge in [-0.3, -0.25) is 4.84 Å². The molecular weight excluding hydrogens is 206 g/mol. The second-order valence-electron chi connectivity index (χ2n) is 4.33. The summed E-state index contributed by atoms with van der Waals surface area (Å²) in [6, 6.07) is 2.47. The van der Waals surface area contributed by atoms with E-state index in [9.17, 15) is 0 Å². The van der Waals surface area contributed by atoms with Crippen LogP contribution in [0.15, 0.2) is 11.4 Å². The van der Waals surface area contributed by atoms with Gasteiger partial charge in [0.15, 0.2) is 0 Å². The zero-order valence-electron chi connectivity index (χ0n) is 9.45. The second kappa shape index (κ2) is 5.10. The minimum Gasteiger partial charge on any atom is -0.298 e. The van der Waals surface area contributed by atoms with Gasteiger partial charge >= 0.3 is 0 Å². The topological polar surface area (TPSA) is 21.3 Å². The predicted octanol–water partition coefficient (Wildman–Crippen LogP) is 3.58. The van der Waals surface area contributed by atoms with E-state index in [1.165, 1.54) is 36.1 Å². The standard InChI is InChI=1S/C12H19NOS/c1-9-7-8-15-12(9)10(2)13-14-11-5-3-4-6-11/h7-8,10-11,13H,3-6H2,1-2H3. The molecule has 1 aromatic heterocycles. The lowest BCUT2D eigenvalue weighted by molar-refractivity contribution is -0.0372. The molecule has 1 saturated carbocycles. The number of nitrogens with one attached hydrogen (secondary N) is 1. The molecule has 1 unspecified atom stereocenters. The van der Waals surface area contributed by atoms with Crippen LogP contribution in [-0.4, -0.2) is 6.10 Å². The third-order valence-electron chi connectivity index (χ3n) is 3.01. The molecule has 0 bridgehead atoms. The third-order valence-corrected chi connectivity index (χ3v) is 4.21. The summed E-state index contributed by atoms with van der Waals surface area (Å²) in [5, 5.41) is 2.14. The molecule has 3 heteroatoms. The first-order valence-corrected chi connectivity index (χ1v) is 6.60. The van der Waals surface area contributed by atoms with E-state index in [1.807, 2.05) is 0 Å². The number of hydrogen-bond donors (Lipinski definition) is 1. The Morgan fingerprint density at radius 1 is 1.47 bits per heavy atom. The van der Waals surface area contributed by atoms with Gasteiger partial charge < -0.3 is 0 Å². The van der Waals surface area contributed by atoms with Crippen LogP contribution in [0.5, 0.6) is 0 Å². The van der Waals surface area contributed by atoms with Crippen molar-refractivity contribution < 1.29 is 4.84 Å². The van der Waals surface area contributed by atoms with Crippen molar-refractivity contribution >= 4 is 11.3 Å². The molecule has 0 saturated heterocycles. The Balaban J connectivity index is 1.81. The van der Waals surface area contributed by atoms with Gasteiger partial charge in [0.1, 0.15) is 0 Å². The monoisotopic (exact) mass is 225 g/mol. The van der Waals surface area contributed by atoms with Crippen LogP contribution >= 0.6 is 11.3 Å². The summed E-state index contributed by atoms with van der Waals surface area (Å²) >= 11 is 1.80. The number of aryl methyl sites for hydroxylation is 1. The number of hydroxylamine groups is 1. The maximum absolute atomic E-state index is 5.70. The van der Waals surface area contributed by atoms with Gasteiger partial charge in [0.25, 0.3) is 0 Å². The summed E-state index contributed by atoms with van der Waals surface area (Å²) in [5.74, 6) is 0. The van der Waals surface area contributed by atoms with Crippen LogP contribution in [0.4, 0.5) is 0 Å². The van der Waals surface area contributed by atoms with Crippen LogP contribution in [0.3, 0.4) is 0 Å². The predicted molar refractivity (Wildman–Crippen MR) is 63.9 cm³/mol. The average Bonchev–Trinajstić information content (AvgIpc) is 2.84. The Kier molecular flexibility index (Phi) is 3.78. The molecule has 0 aromatic carbocycles. The lowest BCUT2D eigenvalue weighted by atomic mass is 10.2. The number of hydrogen-bond acceptors (Lipinski definition) is 3. The Morgan fingerprint density at radius 2 is 2.20 bits per heavy atom. The van der Waals surface area contributed by atoms with Gasteiger partial charge in [-0.1, -0.05) is 12.8 Å². The molecule has 0 radical (unpaired) electrons. The van der Waals surface area contributed by atoms with E-state index in [1.54, 1.807) is 11.3 Å².